The normalized spacial score (nSPS) is 22.3. The van der Waals surface area contributed by atoms with Gasteiger partial charge >= 0.3 is 5.97 Å². The van der Waals surface area contributed by atoms with E-state index in [1.165, 1.54) is 6.07 Å². The Morgan fingerprint density at radius 1 is 1.65 bits per heavy atom. The zero-order valence-electron chi connectivity index (χ0n) is 9.34. The number of rotatable bonds is 4. The van der Waals surface area contributed by atoms with E-state index in [2.05, 4.69) is 5.32 Å². The molecule has 1 saturated carbocycles. The van der Waals surface area contributed by atoms with Crippen molar-refractivity contribution in [3.8, 4) is 0 Å². The molecule has 0 radical (unpaired) electrons. The second kappa shape index (κ2) is 4.53. The molecule has 2 N–H and O–H groups in total. The summed E-state index contributed by atoms with van der Waals surface area (Å²) in [5.74, 6) is -1.23. The van der Waals surface area contributed by atoms with E-state index in [0.29, 0.717) is 29.2 Å². The lowest BCUT2D eigenvalue weighted by Gasteiger charge is -2.09. The number of hydrogen-bond acceptors (Lipinski definition) is 2. The Morgan fingerprint density at radius 2 is 2.35 bits per heavy atom. The molecule has 1 aliphatic rings. The van der Waals surface area contributed by atoms with Crippen molar-refractivity contribution >= 4 is 23.3 Å². The molecule has 3 nitrogen and oxygen atoms in total. The molecule has 0 amide bonds. The van der Waals surface area contributed by atoms with Gasteiger partial charge in [-0.25, -0.2) is 4.39 Å². The van der Waals surface area contributed by atoms with Crippen LogP contribution in [0.3, 0.4) is 0 Å². The molecule has 1 fully saturated rings. The van der Waals surface area contributed by atoms with Crippen LogP contribution in [0.5, 0.6) is 0 Å². The maximum absolute atomic E-state index is 13.3. The van der Waals surface area contributed by atoms with Gasteiger partial charge in [0.2, 0.25) is 0 Å². The molecular weight excluding hydrogens is 245 g/mol. The molecule has 0 heterocycles. The molecule has 0 spiro atoms. The van der Waals surface area contributed by atoms with E-state index in [-0.39, 0.29) is 17.7 Å². The SMILES string of the molecule is Cc1cc(Cl)c(NCC2CC2C(=O)O)cc1F. The second-order valence-corrected chi connectivity index (χ2v) is 4.81. The molecule has 17 heavy (non-hydrogen) atoms. The first-order chi connectivity index (χ1) is 7.99. The minimum Gasteiger partial charge on any atom is -0.481 e. The molecule has 0 saturated heterocycles. The minimum absolute atomic E-state index is 0.118. The fourth-order valence-electron chi connectivity index (χ4n) is 1.80. The van der Waals surface area contributed by atoms with Gasteiger partial charge in [-0.2, -0.15) is 0 Å². The first-order valence-corrected chi connectivity index (χ1v) is 5.79. The predicted molar refractivity (Wildman–Crippen MR) is 63.9 cm³/mol. The Morgan fingerprint density at radius 3 is 2.94 bits per heavy atom. The Kier molecular flexibility index (Phi) is 3.24. The number of halogens is 2. The van der Waals surface area contributed by atoms with Crippen molar-refractivity contribution in [2.75, 3.05) is 11.9 Å². The minimum atomic E-state index is -0.766. The molecule has 2 rings (SSSR count). The summed E-state index contributed by atoms with van der Waals surface area (Å²) < 4.78 is 13.3. The van der Waals surface area contributed by atoms with E-state index in [1.807, 2.05) is 0 Å². The van der Waals surface area contributed by atoms with Gasteiger partial charge in [-0.05, 0) is 37.0 Å². The summed E-state index contributed by atoms with van der Waals surface area (Å²) in [7, 11) is 0. The van der Waals surface area contributed by atoms with Crippen LogP contribution in [0.2, 0.25) is 5.02 Å². The van der Waals surface area contributed by atoms with E-state index in [4.69, 9.17) is 16.7 Å². The number of aryl methyl sites for hydroxylation is 1. The maximum Gasteiger partial charge on any atom is 0.306 e. The maximum atomic E-state index is 13.3. The van der Waals surface area contributed by atoms with Crippen LogP contribution in [0.25, 0.3) is 0 Å². The number of aliphatic carboxylic acids is 1. The molecule has 0 aromatic heterocycles. The third-order valence-electron chi connectivity index (χ3n) is 3.04. The summed E-state index contributed by atoms with van der Waals surface area (Å²) in [6, 6.07) is 2.90. The van der Waals surface area contributed by atoms with Gasteiger partial charge in [0.05, 0.1) is 16.6 Å². The van der Waals surface area contributed by atoms with Crippen molar-refractivity contribution in [1.29, 1.82) is 0 Å². The summed E-state index contributed by atoms with van der Waals surface area (Å²) in [6.07, 6.45) is 0.675. The molecule has 1 aromatic carbocycles. The highest BCUT2D eigenvalue weighted by Gasteiger charge is 2.42. The highest BCUT2D eigenvalue weighted by atomic mass is 35.5. The van der Waals surface area contributed by atoms with Crippen molar-refractivity contribution in [2.45, 2.75) is 13.3 Å². The molecular formula is C12H13ClFNO2. The van der Waals surface area contributed by atoms with Crippen LogP contribution in [0, 0.1) is 24.6 Å². The Balaban J connectivity index is 1.96. The number of carbonyl (C=O) groups is 1. The lowest BCUT2D eigenvalue weighted by Crippen LogP contribution is -2.09. The van der Waals surface area contributed by atoms with Crippen LogP contribution in [0.15, 0.2) is 12.1 Å². The third kappa shape index (κ3) is 2.69. The largest absolute Gasteiger partial charge is 0.481 e. The van der Waals surface area contributed by atoms with E-state index >= 15 is 0 Å². The fourth-order valence-corrected chi connectivity index (χ4v) is 2.08. The topological polar surface area (TPSA) is 49.3 Å². The lowest BCUT2D eigenvalue weighted by atomic mass is 10.2. The van der Waals surface area contributed by atoms with Gasteiger partial charge < -0.3 is 10.4 Å². The van der Waals surface area contributed by atoms with Crippen LogP contribution >= 0.6 is 11.6 Å². The summed E-state index contributed by atoms with van der Waals surface area (Å²) >= 11 is 5.96. The van der Waals surface area contributed by atoms with Gasteiger partial charge in [0, 0.05) is 6.54 Å². The van der Waals surface area contributed by atoms with Crippen molar-refractivity contribution in [2.24, 2.45) is 11.8 Å². The van der Waals surface area contributed by atoms with Crippen molar-refractivity contribution in [3.63, 3.8) is 0 Å². The molecule has 2 unspecified atom stereocenters. The number of carboxylic acids is 1. The van der Waals surface area contributed by atoms with Crippen LogP contribution < -0.4 is 5.32 Å². The van der Waals surface area contributed by atoms with Crippen LogP contribution in [0.1, 0.15) is 12.0 Å². The average Bonchev–Trinajstić information content (AvgIpc) is 3.01. The van der Waals surface area contributed by atoms with E-state index in [9.17, 15) is 9.18 Å². The molecule has 0 bridgehead atoms. The van der Waals surface area contributed by atoms with E-state index in [1.54, 1.807) is 13.0 Å². The molecule has 1 aliphatic carbocycles. The monoisotopic (exact) mass is 257 g/mol. The summed E-state index contributed by atoms with van der Waals surface area (Å²) in [6.45, 7) is 2.16. The van der Waals surface area contributed by atoms with Crippen LogP contribution in [-0.2, 0) is 4.79 Å². The summed E-state index contributed by atoms with van der Waals surface area (Å²) in [5.41, 5.74) is 1.01. The smallest absolute Gasteiger partial charge is 0.306 e. The zero-order valence-corrected chi connectivity index (χ0v) is 10.1. The van der Waals surface area contributed by atoms with E-state index < -0.39 is 5.97 Å². The average molecular weight is 258 g/mol. The molecule has 92 valence electrons. The highest BCUT2D eigenvalue weighted by molar-refractivity contribution is 6.33. The standard InChI is InChI=1S/C12H13ClFNO2/c1-6-2-9(13)11(4-10(6)14)15-5-7-3-8(7)12(16)17/h2,4,7-8,15H,3,5H2,1H3,(H,16,17). The Hall–Kier alpha value is -1.29. The lowest BCUT2D eigenvalue weighted by molar-refractivity contribution is -0.138. The molecule has 0 aliphatic heterocycles. The number of carboxylic acid groups (broad SMARTS) is 1. The first kappa shape index (κ1) is 12.2. The predicted octanol–water partition coefficient (Wildman–Crippen LogP) is 2.92. The van der Waals surface area contributed by atoms with Gasteiger partial charge in [-0.15, -0.1) is 0 Å². The first-order valence-electron chi connectivity index (χ1n) is 5.41. The Bertz CT molecular complexity index is 464. The molecule has 5 heteroatoms. The molecule has 2 atom stereocenters. The quantitative estimate of drug-likeness (QED) is 0.872. The van der Waals surface area contributed by atoms with Crippen molar-refractivity contribution in [3.05, 3.63) is 28.5 Å². The summed E-state index contributed by atoms with van der Waals surface area (Å²) in [5, 5.41) is 12.2. The summed E-state index contributed by atoms with van der Waals surface area (Å²) in [4.78, 5) is 10.6. The number of hydrogen-bond donors (Lipinski definition) is 2. The fraction of sp³-hybridized carbons (Fsp3) is 0.417. The van der Waals surface area contributed by atoms with Gasteiger partial charge in [-0.1, -0.05) is 11.6 Å². The van der Waals surface area contributed by atoms with E-state index in [0.717, 1.165) is 0 Å². The molecule has 1 aromatic rings. The van der Waals surface area contributed by atoms with Gasteiger partial charge in [-0.3, -0.25) is 4.79 Å². The van der Waals surface area contributed by atoms with Crippen LogP contribution in [-0.4, -0.2) is 17.6 Å². The van der Waals surface area contributed by atoms with Gasteiger partial charge in [0.25, 0.3) is 0 Å². The van der Waals surface area contributed by atoms with Gasteiger partial charge in [0.1, 0.15) is 5.82 Å². The zero-order chi connectivity index (χ0) is 12.6. The highest BCUT2D eigenvalue weighted by Crippen LogP contribution is 2.39. The Labute approximate surface area is 104 Å². The van der Waals surface area contributed by atoms with Crippen LogP contribution in [0.4, 0.5) is 10.1 Å². The second-order valence-electron chi connectivity index (χ2n) is 4.40. The number of benzene rings is 1. The van der Waals surface area contributed by atoms with Crippen molar-refractivity contribution in [1.82, 2.24) is 0 Å². The van der Waals surface area contributed by atoms with Crippen molar-refractivity contribution < 1.29 is 14.3 Å². The third-order valence-corrected chi connectivity index (χ3v) is 3.36. The number of nitrogens with one attached hydrogen (secondary N) is 1. The van der Waals surface area contributed by atoms with Gasteiger partial charge in [0.15, 0.2) is 0 Å². The number of anilines is 1.